The molecule has 0 aliphatic carbocycles. The van der Waals surface area contributed by atoms with Crippen LogP contribution in [-0.2, 0) is 17.6 Å². The van der Waals surface area contributed by atoms with Gasteiger partial charge in [-0.1, -0.05) is 42.5 Å². The Kier molecular flexibility index (Phi) is 5.23. The third kappa shape index (κ3) is 3.80. The van der Waals surface area contributed by atoms with Crippen molar-refractivity contribution in [1.29, 1.82) is 0 Å². The van der Waals surface area contributed by atoms with Crippen molar-refractivity contribution in [2.45, 2.75) is 19.8 Å². The lowest BCUT2D eigenvalue weighted by Crippen LogP contribution is -2.27. The topological polar surface area (TPSA) is 62.2 Å². The smallest absolute Gasteiger partial charge is 0.225 e. The molecule has 0 unspecified atom stereocenters. The molecule has 0 aliphatic heterocycles. The van der Waals surface area contributed by atoms with Gasteiger partial charge < -0.3 is 10.4 Å². The predicted octanol–water partition coefficient (Wildman–Crippen LogP) is 2.85. The van der Waals surface area contributed by atoms with Gasteiger partial charge in [0.15, 0.2) is 0 Å². The van der Waals surface area contributed by atoms with Crippen molar-refractivity contribution < 1.29 is 9.90 Å². The first-order chi connectivity index (χ1) is 11.7. The van der Waals surface area contributed by atoms with Crippen molar-refractivity contribution >= 4 is 28.0 Å². The van der Waals surface area contributed by atoms with Crippen molar-refractivity contribution in [2.24, 2.45) is 0 Å². The molecule has 0 atom stereocenters. The molecule has 0 spiro atoms. The minimum Gasteiger partial charge on any atom is -0.395 e. The summed E-state index contributed by atoms with van der Waals surface area (Å²) in [4.78, 5) is 17.4. The second kappa shape index (κ2) is 7.55. The molecule has 0 saturated heterocycles. The third-order valence-electron chi connectivity index (χ3n) is 3.91. The van der Waals surface area contributed by atoms with Gasteiger partial charge in [-0.25, -0.2) is 4.98 Å². The summed E-state index contributed by atoms with van der Waals surface area (Å²) in [5, 5.41) is 14.9. The van der Waals surface area contributed by atoms with Gasteiger partial charge in [-0.15, -0.1) is 11.3 Å². The van der Waals surface area contributed by atoms with Crippen LogP contribution in [0.2, 0.25) is 0 Å². The Hall–Kier alpha value is -2.24. The van der Waals surface area contributed by atoms with Gasteiger partial charge in [-0.05, 0) is 23.3 Å². The fourth-order valence-electron chi connectivity index (χ4n) is 2.74. The summed E-state index contributed by atoms with van der Waals surface area (Å²) in [6, 6.07) is 14.7. The molecule has 2 N–H and O–H groups in total. The monoisotopic (exact) mass is 340 g/mol. The number of aliphatic hydroxyl groups is 1. The number of nitrogens with zero attached hydrogens (tertiary/aromatic N) is 1. The lowest BCUT2D eigenvalue weighted by atomic mass is 10.0. The van der Waals surface area contributed by atoms with Crippen LogP contribution in [0.1, 0.15) is 21.1 Å². The van der Waals surface area contributed by atoms with E-state index in [1.165, 1.54) is 16.3 Å². The van der Waals surface area contributed by atoms with Crippen LogP contribution in [0.4, 0.5) is 0 Å². The molecule has 1 amide bonds. The van der Waals surface area contributed by atoms with Crippen LogP contribution in [0.25, 0.3) is 10.8 Å². The van der Waals surface area contributed by atoms with Gasteiger partial charge in [0.2, 0.25) is 5.91 Å². The molecular formula is C19H20N2O2S. The number of rotatable bonds is 6. The van der Waals surface area contributed by atoms with Crippen LogP contribution in [0, 0.1) is 6.92 Å². The molecule has 5 heteroatoms. The van der Waals surface area contributed by atoms with E-state index in [-0.39, 0.29) is 12.5 Å². The highest BCUT2D eigenvalue weighted by Gasteiger charge is 2.12. The van der Waals surface area contributed by atoms with Crippen molar-refractivity contribution in [3.05, 3.63) is 63.6 Å². The number of nitrogens with one attached hydrogen (secondary N) is 1. The lowest BCUT2D eigenvalue weighted by molar-refractivity contribution is -0.120. The normalized spacial score (nSPS) is 10.9. The summed E-state index contributed by atoms with van der Waals surface area (Å²) in [6.07, 6.45) is 1.09. The van der Waals surface area contributed by atoms with E-state index in [4.69, 9.17) is 5.11 Å². The molecule has 1 aromatic heterocycles. The first-order valence-corrected chi connectivity index (χ1v) is 8.78. The van der Waals surface area contributed by atoms with Crippen molar-refractivity contribution in [1.82, 2.24) is 10.3 Å². The number of amides is 1. The van der Waals surface area contributed by atoms with Gasteiger partial charge in [0.05, 0.1) is 23.7 Å². The molecule has 0 bridgehead atoms. The number of hydrogen-bond acceptors (Lipinski definition) is 4. The Labute approximate surface area is 145 Å². The van der Waals surface area contributed by atoms with Gasteiger partial charge >= 0.3 is 0 Å². The van der Waals surface area contributed by atoms with Crippen molar-refractivity contribution in [3.8, 4) is 0 Å². The van der Waals surface area contributed by atoms with E-state index in [9.17, 15) is 4.79 Å². The zero-order valence-corrected chi connectivity index (χ0v) is 14.4. The molecule has 0 radical (unpaired) electrons. The second-order valence-electron chi connectivity index (χ2n) is 5.68. The first kappa shape index (κ1) is 16.6. The van der Waals surface area contributed by atoms with Crippen LogP contribution in [0.5, 0.6) is 0 Å². The summed E-state index contributed by atoms with van der Waals surface area (Å²) in [6.45, 7) is 2.19. The number of thiazole rings is 1. The van der Waals surface area contributed by atoms with Crippen LogP contribution in [0.3, 0.4) is 0 Å². The van der Waals surface area contributed by atoms with Crippen LogP contribution in [-0.4, -0.2) is 29.1 Å². The fourth-order valence-corrected chi connectivity index (χ4v) is 3.83. The fraction of sp³-hybridized carbons (Fsp3) is 0.263. The second-order valence-corrected chi connectivity index (χ2v) is 6.85. The Morgan fingerprint density at radius 2 is 2.00 bits per heavy atom. The summed E-state index contributed by atoms with van der Waals surface area (Å²) >= 11 is 1.59. The average Bonchev–Trinajstić information content (AvgIpc) is 2.92. The molecule has 0 saturated carbocycles. The summed E-state index contributed by atoms with van der Waals surface area (Å²) in [7, 11) is 0. The van der Waals surface area contributed by atoms with Crippen molar-refractivity contribution in [3.63, 3.8) is 0 Å². The molecule has 24 heavy (non-hydrogen) atoms. The standard InChI is InChI=1S/C19H20N2O2S/c1-13-17(12-18(23)20-9-10-22)24-19(21-13)11-15-7-4-6-14-5-2-3-8-16(14)15/h2-8,22H,9-12H2,1H3,(H,20,23). The van der Waals surface area contributed by atoms with E-state index < -0.39 is 0 Å². The number of aliphatic hydroxyl groups excluding tert-OH is 1. The molecule has 2 aromatic carbocycles. The molecule has 3 rings (SSSR count). The zero-order valence-electron chi connectivity index (χ0n) is 13.6. The zero-order chi connectivity index (χ0) is 16.9. The molecule has 0 aliphatic rings. The maximum atomic E-state index is 11.8. The molecule has 4 nitrogen and oxygen atoms in total. The molecule has 1 heterocycles. The lowest BCUT2D eigenvalue weighted by Gasteiger charge is -2.04. The van der Waals surface area contributed by atoms with E-state index in [1.807, 2.05) is 13.0 Å². The summed E-state index contributed by atoms with van der Waals surface area (Å²) < 4.78 is 0. The average molecular weight is 340 g/mol. The molecular weight excluding hydrogens is 320 g/mol. The maximum absolute atomic E-state index is 11.8. The van der Waals surface area contributed by atoms with E-state index in [0.29, 0.717) is 13.0 Å². The number of aryl methyl sites for hydroxylation is 1. The highest BCUT2D eigenvalue weighted by Crippen LogP contribution is 2.25. The van der Waals surface area contributed by atoms with E-state index >= 15 is 0 Å². The van der Waals surface area contributed by atoms with Crippen LogP contribution in [0.15, 0.2) is 42.5 Å². The SMILES string of the molecule is Cc1nc(Cc2cccc3ccccc23)sc1CC(=O)NCCO. The summed E-state index contributed by atoms with van der Waals surface area (Å²) in [5.74, 6) is -0.0764. The highest BCUT2D eigenvalue weighted by molar-refractivity contribution is 7.11. The molecule has 3 aromatic rings. The highest BCUT2D eigenvalue weighted by atomic mass is 32.1. The molecule has 0 fully saturated rings. The van der Waals surface area contributed by atoms with Crippen LogP contribution < -0.4 is 5.32 Å². The Balaban J connectivity index is 1.78. The van der Waals surface area contributed by atoms with Crippen LogP contribution >= 0.6 is 11.3 Å². The van der Waals surface area contributed by atoms with Crippen molar-refractivity contribution in [2.75, 3.05) is 13.2 Å². The van der Waals surface area contributed by atoms with E-state index in [2.05, 4.69) is 46.7 Å². The minimum atomic E-state index is -0.0764. The number of benzene rings is 2. The Morgan fingerprint density at radius 1 is 1.21 bits per heavy atom. The summed E-state index contributed by atoms with van der Waals surface area (Å²) in [5.41, 5.74) is 2.16. The first-order valence-electron chi connectivity index (χ1n) is 7.96. The number of carbonyl (C=O) groups is 1. The quantitative estimate of drug-likeness (QED) is 0.725. The van der Waals surface area contributed by atoms with Gasteiger partial charge in [-0.2, -0.15) is 0 Å². The van der Waals surface area contributed by atoms with E-state index in [1.54, 1.807) is 11.3 Å². The number of carbonyl (C=O) groups excluding carboxylic acids is 1. The minimum absolute atomic E-state index is 0.0419. The predicted molar refractivity (Wildman–Crippen MR) is 97.4 cm³/mol. The maximum Gasteiger partial charge on any atom is 0.225 e. The Bertz CT molecular complexity index is 852. The van der Waals surface area contributed by atoms with Gasteiger partial charge in [0.1, 0.15) is 0 Å². The third-order valence-corrected chi connectivity index (χ3v) is 5.07. The number of fused-ring (bicyclic) bond motifs is 1. The number of hydrogen-bond donors (Lipinski definition) is 2. The van der Waals surface area contributed by atoms with Gasteiger partial charge in [0.25, 0.3) is 0 Å². The van der Waals surface area contributed by atoms with E-state index in [0.717, 1.165) is 22.0 Å². The molecule has 124 valence electrons. The Morgan fingerprint density at radius 3 is 2.83 bits per heavy atom. The number of aromatic nitrogens is 1. The largest absolute Gasteiger partial charge is 0.395 e. The van der Waals surface area contributed by atoms with Gasteiger partial charge in [0, 0.05) is 17.8 Å². The van der Waals surface area contributed by atoms with Gasteiger partial charge in [-0.3, -0.25) is 4.79 Å².